The molecule has 0 unspecified atom stereocenters. The topological polar surface area (TPSA) is 71.1 Å². The van der Waals surface area contributed by atoms with Gasteiger partial charge in [-0.05, 0) is 30.3 Å². The lowest BCUT2D eigenvalue weighted by Crippen LogP contribution is -2.22. The minimum absolute atomic E-state index is 0.0410. The molecule has 3 rings (SSSR count). The molecule has 1 aromatic heterocycles. The molecule has 0 atom stereocenters. The van der Waals surface area contributed by atoms with E-state index in [9.17, 15) is 18.4 Å². The third-order valence-corrected chi connectivity index (χ3v) is 4.48. The number of thiazole rings is 1. The number of aromatic nitrogens is 1. The van der Waals surface area contributed by atoms with Gasteiger partial charge in [0.15, 0.2) is 11.6 Å². The van der Waals surface area contributed by atoms with Crippen molar-refractivity contribution in [3.63, 3.8) is 0 Å². The van der Waals surface area contributed by atoms with Crippen molar-refractivity contribution in [2.75, 3.05) is 5.32 Å². The normalized spacial score (nSPS) is 10.5. The fraction of sp³-hybridized carbons (Fsp3) is 0.105. The zero-order valence-corrected chi connectivity index (χ0v) is 15.1. The molecule has 0 aliphatic carbocycles. The number of amides is 2. The van der Waals surface area contributed by atoms with Crippen molar-refractivity contribution < 1.29 is 18.4 Å². The summed E-state index contributed by atoms with van der Waals surface area (Å²) in [5.74, 6) is -2.72. The standard InChI is InChI=1S/C19H15F2N3O2S/c1-11(25)23-14-5-2-12(3-6-14)17-10-27-18(24-17)9-22-19(26)13-4-7-15(20)16(21)8-13/h2-8,10H,9H2,1H3,(H,22,26)(H,23,25). The number of nitrogens with one attached hydrogen (secondary N) is 2. The van der Waals surface area contributed by atoms with Crippen LogP contribution in [0.1, 0.15) is 22.3 Å². The molecular formula is C19H15F2N3O2S. The van der Waals surface area contributed by atoms with E-state index in [2.05, 4.69) is 15.6 Å². The Hall–Kier alpha value is -3.13. The van der Waals surface area contributed by atoms with Gasteiger partial charge in [0.05, 0.1) is 12.2 Å². The molecule has 27 heavy (non-hydrogen) atoms. The van der Waals surface area contributed by atoms with Crippen LogP contribution in [0.25, 0.3) is 11.3 Å². The number of hydrogen-bond acceptors (Lipinski definition) is 4. The Balaban J connectivity index is 1.63. The van der Waals surface area contributed by atoms with Crippen molar-refractivity contribution in [2.45, 2.75) is 13.5 Å². The molecule has 2 N–H and O–H groups in total. The average molecular weight is 387 g/mol. The van der Waals surface area contributed by atoms with Crippen LogP contribution in [0.2, 0.25) is 0 Å². The Morgan fingerprint density at radius 2 is 1.81 bits per heavy atom. The van der Waals surface area contributed by atoms with Crippen LogP contribution in [0.15, 0.2) is 47.8 Å². The number of halogens is 2. The monoisotopic (exact) mass is 387 g/mol. The Bertz CT molecular complexity index is 987. The summed E-state index contributed by atoms with van der Waals surface area (Å²) in [7, 11) is 0. The summed E-state index contributed by atoms with van der Waals surface area (Å²) < 4.78 is 26.1. The van der Waals surface area contributed by atoms with Crippen LogP contribution in [0.5, 0.6) is 0 Å². The molecule has 0 aliphatic heterocycles. The van der Waals surface area contributed by atoms with Gasteiger partial charge in [0.2, 0.25) is 5.91 Å². The van der Waals surface area contributed by atoms with Gasteiger partial charge in [-0.1, -0.05) is 12.1 Å². The van der Waals surface area contributed by atoms with Crippen molar-refractivity contribution in [3.8, 4) is 11.3 Å². The first-order valence-corrected chi connectivity index (χ1v) is 8.86. The fourth-order valence-electron chi connectivity index (χ4n) is 2.35. The summed E-state index contributed by atoms with van der Waals surface area (Å²) in [6.45, 7) is 1.61. The Kier molecular flexibility index (Phi) is 5.56. The smallest absolute Gasteiger partial charge is 0.251 e. The lowest BCUT2D eigenvalue weighted by Gasteiger charge is -2.04. The van der Waals surface area contributed by atoms with E-state index < -0.39 is 17.5 Å². The molecule has 2 aromatic carbocycles. The first-order chi connectivity index (χ1) is 12.9. The quantitative estimate of drug-likeness (QED) is 0.696. The highest BCUT2D eigenvalue weighted by molar-refractivity contribution is 7.09. The van der Waals surface area contributed by atoms with Crippen LogP contribution in [-0.4, -0.2) is 16.8 Å². The van der Waals surface area contributed by atoms with Crippen LogP contribution >= 0.6 is 11.3 Å². The highest BCUT2D eigenvalue weighted by atomic mass is 32.1. The summed E-state index contributed by atoms with van der Waals surface area (Å²) in [5, 5.41) is 7.85. The van der Waals surface area contributed by atoms with Crippen molar-refractivity contribution in [2.24, 2.45) is 0 Å². The van der Waals surface area contributed by atoms with Gasteiger partial charge in [0.1, 0.15) is 5.01 Å². The Labute approximate surface area is 158 Å². The van der Waals surface area contributed by atoms with E-state index in [1.54, 1.807) is 12.1 Å². The Morgan fingerprint density at radius 3 is 2.48 bits per heavy atom. The van der Waals surface area contributed by atoms with Crippen LogP contribution in [0.3, 0.4) is 0 Å². The fourth-order valence-corrected chi connectivity index (χ4v) is 3.09. The molecule has 1 heterocycles. The predicted octanol–water partition coefficient (Wildman–Crippen LogP) is 3.98. The number of carbonyl (C=O) groups is 2. The van der Waals surface area contributed by atoms with E-state index in [1.165, 1.54) is 24.3 Å². The minimum atomic E-state index is -1.07. The van der Waals surface area contributed by atoms with Crippen LogP contribution in [0, 0.1) is 11.6 Å². The molecule has 0 fully saturated rings. The predicted molar refractivity (Wildman–Crippen MR) is 99.4 cm³/mol. The van der Waals surface area contributed by atoms with E-state index in [0.29, 0.717) is 10.7 Å². The average Bonchev–Trinajstić information content (AvgIpc) is 3.11. The van der Waals surface area contributed by atoms with Gasteiger partial charge in [-0.15, -0.1) is 11.3 Å². The van der Waals surface area contributed by atoms with Crippen molar-refractivity contribution in [1.82, 2.24) is 10.3 Å². The van der Waals surface area contributed by atoms with E-state index >= 15 is 0 Å². The molecule has 2 amide bonds. The number of anilines is 1. The summed E-state index contributed by atoms with van der Waals surface area (Å²) in [6.07, 6.45) is 0. The van der Waals surface area contributed by atoms with Crippen molar-refractivity contribution >= 4 is 28.8 Å². The van der Waals surface area contributed by atoms with Crippen LogP contribution in [0.4, 0.5) is 14.5 Å². The second-order valence-corrected chi connectivity index (χ2v) is 6.64. The lowest BCUT2D eigenvalue weighted by atomic mass is 10.1. The molecule has 5 nitrogen and oxygen atoms in total. The maximum absolute atomic E-state index is 13.2. The first kappa shape index (κ1) is 18.7. The third-order valence-electron chi connectivity index (χ3n) is 3.63. The zero-order valence-electron chi connectivity index (χ0n) is 14.3. The molecule has 8 heteroatoms. The molecule has 0 bridgehead atoms. The third kappa shape index (κ3) is 4.73. The van der Waals surface area contributed by atoms with Crippen LogP contribution in [-0.2, 0) is 11.3 Å². The van der Waals surface area contributed by atoms with Crippen molar-refractivity contribution in [3.05, 3.63) is 70.1 Å². The number of rotatable bonds is 5. The number of hydrogen-bond donors (Lipinski definition) is 2. The molecule has 0 saturated heterocycles. The van der Waals surface area contributed by atoms with E-state index in [4.69, 9.17) is 0 Å². The van der Waals surface area contributed by atoms with Gasteiger partial charge in [0, 0.05) is 29.1 Å². The molecule has 3 aromatic rings. The maximum atomic E-state index is 13.2. The van der Waals surface area contributed by atoms with Gasteiger partial charge < -0.3 is 10.6 Å². The molecule has 0 radical (unpaired) electrons. The summed E-state index contributed by atoms with van der Waals surface area (Å²) >= 11 is 1.37. The molecular weight excluding hydrogens is 372 g/mol. The summed E-state index contributed by atoms with van der Waals surface area (Å²) in [6, 6.07) is 10.2. The number of nitrogens with zero attached hydrogens (tertiary/aromatic N) is 1. The summed E-state index contributed by atoms with van der Waals surface area (Å²) in [5.41, 5.74) is 2.35. The van der Waals surface area contributed by atoms with E-state index in [0.717, 1.165) is 23.4 Å². The number of carbonyl (C=O) groups excluding carboxylic acids is 2. The summed E-state index contributed by atoms with van der Waals surface area (Å²) in [4.78, 5) is 27.5. The second-order valence-electron chi connectivity index (χ2n) is 5.70. The lowest BCUT2D eigenvalue weighted by molar-refractivity contribution is -0.114. The minimum Gasteiger partial charge on any atom is -0.346 e. The molecule has 138 valence electrons. The van der Waals surface area contributed by atoms with Gasteiger partial charge in [-0.25, -0.2) is 13.8 Å². The van der Waals surface area contributed by atoms with Gasteiger partial charge in [-0.2, -0.15) is 0 Å². The Morgan fingerprint density at radius 1 is 1.07 bits per heavy atom. The van der Waals surface area contributed by atoms with Crippen molar-refractivity contribution in [1.29, 1.82) is 0 Å². The molecule has 0 saturated carbocycles. The highest BCUT2D eigenvalue weighted by Gasteiger charge is 2.11. The van der Waals surface area contributed by atoms with Gasteiger partial charge in [0.25, 0.3) is 5.91 Å². The van der Waals surface area contributed by atoms with Crippen LogP contribution < -0.4 is 10.6 Å². The zero-order chi connectivity index (χ0) is 19.4. The van der Waals surface area contributed by atoms with Gasteiger partial charge >= 0.3 is 0 Å². The SMILES string of the molecule is CC(=O)Nc1ccc(-c2csc(CNC(=O)c3ccc(F)c(F)c3)n2)cc1. The molecule has 0 aliphatic rings. The highest BCUT2D eigenvalue weighted by Crippen LogP contribution is 2.23. The number of benzene rings is 2. The maximum Gasteiger partial charge on any atom is 0.251 e. The van der Waals surface area contributed by atoms with Gasteiger partial charge in [-0.3, -0.25) is 9.59 Å². The molecule has 0 spiro atoms. The van der Waals surface area contributed by atoms with E-state index in [-0.39, 0.29) is 18.0 Å². The second kappa shape index (κ2) is 8.05. The first-order valence-electron chi connectivity index (χ1n) is 7.98. The van der Waals surface area contributed by atoms with E-state index in [1.807, 2.05) is 17.5 Å². The largest absolute Gasteiger partial charge is 0.346 e.